The van der Waals surface area contributed by atoms with Gasteiger partial charge in [0, 0.05) is 0 Å². The molecule has 1 fully saturated rings. The lowest BCUT2D eigenvalue weighted by molar-refractivity contribution is -0.911. The molecule has 0 radical (unpaired) electrons. The van der Waals surface area contributed by atoms with Crippen LogP contribution in [0, 0.1) is 5.41 Å². The number of hydrogen-bond donors (Lipinski definition) is 0. The Morgan fingerprint density at radius 3 is 1.85 bits per heavy atom. The van der Waals surface area contributed by atoms with Crippen LogP contribution in [0.2, 0.25) is 0 Å². The van der Waals surface area contributed by atoms with E-state index in [1.165, 1.54) is 0 Å². The van der Waals surface area contributed by atoms with Gasteiger partial charge in [-0.3, -0.25) is 0 Å². The van der Waals surface area contributed by atoms with Gasteiger partial charge in [0.05, 0.1) is 44.5 Å². The Hall–Kier alpha value is -0.130. The van der Waals surface area contributed by atoms with E-state index in [0.717, 1.165) is 24.1 Å². The number of rotatable bonds is 4. The van der Waals surface area contributed by atoms with E-state index in [2.05, 4.69) is 34.7 Å². The number of hydrogen-bond acceptors (Lipinski definition) is 2. The SMILES string of the molecule is CC[N+]1(C)CCN(S(=O)(=O)C(C)(C)CC(C)(C)C)CC1. The molecule has 1 aliphatic rings. The van der Waals surface area contributed by atoms with Gasteiger partial charge in [-0.2, -0.15) is 4.31 Å². The van der Waals surface area contributed by atoms with E-state index in [4.69, 9.17) is 0 Å². The van der Waals surface area contributed by atoms with Crippen LogP contribution < -0.4 is 0 Å². The molecule has 1 saturated heterocycles. The fourth-order valence-electron chi connectivity index (χ4n) is 3.20. The summed E-state index contributed by atoms with van der Waals surface area (Å²) in [6, 6.07) is 0. The van der Waals surface area contributed by atoms with E-state index in [1.54, 1.807) is 4.31 Å². The van der Waals surface area contributed by atoms with E-state index in [1.807, 2.05) is 13.8 Å². The van der Waals surface area contributed by atoms with Gasteiger partial charge in [-0.25, -0.2) is 8.42 Å². The van der Waals surface area contributed by atoms with Crippen LogP contribution in [0.15, 0.2) is 0 Å². The van der Waals surface area contributed by atoms with Crippen LogP contribution in [0.3, 0.4) is 0 Å². The van der Waals surface area contributed by atoms with Crippen molar-refractivity contribution in [2.45, 2.75) is 52.7 Å². The zero-order valence-corrected chi connectivity index (χ0v) is 15.2. The Kier molecular flexibility index (Phi) is 5.00. The molecule has 0 bridgehead atoms. The van der Waals surface area contributed by atoms with E-state index < -0.39 is 14.8 Å². The average Bonchev–Trinajstić information content (AvgIpc) is 2.26. The van der Waals surface area contributed by atoms with Crippen LogP contribution in [0.25, 0.3) is 0 Å². The molecule has 1 rings (SSSR count). The van der Waals surface area contributed by atoms with Crippen molar-refractivity contribution in [3.63, 3.8) is 0 Å². The van der Waals surface area contributed by atoms with E-state index in [-0.39, 0.29) is 5.41 Å². The maximum atomic E-state index is 12.9. The molecule has 0 aromatic rings. The van der Waals surface area contributed by atoms with Crippen molar-refractivity contribution in [3.05, 3.63) is 0 Å². The summed E-state index contributed by atoms with van der Waals surface area (Å²) < 4.78 is 27.8. The van der Waals surface area contributed by atoms with E-state index in [9.17, 15) is 8.42 Å². The second-order valence-corrected chi connectivity index (χ2v) is 10.9. The summed E-state index contributed by atoms with van der Waals surface area (Å²) in [6.07, 6.45) is 0.679. The first-order valence-electron chi connectivity index (χ1n) is 7.66. The van der Waals surface area contributed by atoms with Gasteiger partial charge in [0.25, 0.3) is 0 Å². The molecule has 1 aliphatic heterocycles. The Morgan fingerprint density at radius 1 is 1.05 bits per heavy atom. The maximum absolute atomic E-state index is 12.9. The van der Waals surface area contributed by atoms with Crippen LogP contribution in [0.4, 0.5) is 0 Å². The third-order valence-electron chi connectivity index (χ3n) is 4.54. The summed E-state index contributed by atoms with van der Waals surface area (Å²) in [5, 5.41) is 0. The van der Waals surface area contributed by atoms with E-state index in [0.29, 0.717) is 19.5 Å². The molecular weight excluding hydrogens is 272 g/mol. The highest BCUT2D eigenvalue weighted by atomic mass is 32.2. The topological polar surface area (TPSA) is 37.4 Å². The predicted molar refractivity (Wildman–Crippen MR) is 85.1 cm³/mol. The molecule has 120 valence electrons. The quantitative estimate of drug-likeness (QED) is 0.748. The summed E-state index contributed by atoms with van der Waals surface area (Å²) >= 11 is 0. The van der Waals surface area contributed by atoms with Crippen molar-refractivity contribution < 1.29 is 12.9 Å². The second kappa shape index (κ2) is 5.58. The lowest BCUT2D eigenvalue weighted by Crippen LogP contribution is -2.60. The van der Waals surface area contributed by atoms with Crippen molar-refractivity contribution in [2.24, 2.45) is 5.41 Å². The van der Waals surface area contributed by atoms with Gasteiger partial charge in [-0.05, 0) is 32.6 Å². The van der Waals surface area contributed by atoms with Crippen LogP contribution in [0.1, 0.15) is 48.0 Å². The molecule has 4 nitrogen and oxygen atoms in total. The van der Waals surface area contributed by atoms with E-state index >= 15 is 0 Å². The molecule has 0 saturated carbocycles. The molecule has 20 heavy (non-hydrogen) atoms. The fraction of sp³-hybridized carbons (Fsp3) is 1.00. The molecule has 0 aromatic heterocycles. The van der Waals surface area contributed by atoms with Gasteiger partial charge in [0.15, 0.2) is 0 Å². The molecule has 5 heteroatoms. The minimum Gasteiger partial charge on any atom is -0.324 e. The van der Waals surface area contributed by atoms with Gasteiger partial charge >= 0.3 is 0 Å². The normalized spacial score (nSPS) is 21.9. The monoisotopic (exact) mass is 305 g/mol. The van der Waals surface area contributed by atoms with Crippen molar-refractivity contribution in [1.29, 1.82) is 0 Å². The number of piperazine rings is 1. The molecule has 0 aromatic carbocycles. The zero-order chi connectivity index (χ0) is 15.8. The molecule has 0 aliphatic carbocycles. The van der Waals surface area contributed by atoms with Gasteiger partial charge in [-0.15, -0.1) is 0 Å². The number of sulfonamides is 1. The number of quaternary nitrogens is 1. The standard InChI is InChI=1S/C15H33N2O2S/c1-8-17(7)11-9-16(10-12-17)20(18,19)15(5,6)13-14(2,3)4/h8-13H2,1-7H3/q+1. The summed E-state index contributed by atoms with van der Waals surface area (Å²) in [4.78, 5) is 0. The summed E-state index contributed by atoms with van der Waals surface area (Å²) in [6.45, 7) is 16.4. The highest BCUT2D eigenvalue weighted by molar-refractivity contribution is 7.90. The largest absolute Gasteiger partial charge is 0.324 e. The van der Waals surface area contributed by atoms with Gasteiger partial charge < -0.3 is 4.48 Å². The van der Waals surface area contributed by atoms with Crippen molar-refractivity contribution in [1.82, 2.24) is 4.31 Å². The lowest BCUT2D eigenvalue weighted by Gasteiger charge is -2.43. The minimum atomic E-state index is -3.23. The molecule has 1 heterocycles. The average molecular weight is 306 g/mol. The fourth-order valence-corrected chi connectivity index (χ4v) is 5.16. The molecule has 0 atom stereocenters. The molecule has 0 spiro atoms. The summed E-state index contributed by atoms with van der Waals surface area (Å²) in [5.74, 6) is 0. The second-order valence-electron chi connectivity index (χ2n) is 8.28. The first kappa shape index (κ1) is 17.9. The summed E-state index contributed by atoms with van der Waals surface area (Å²) in [7, 11) is -1.02. The van der Waals surface area contributed by atoms with Gasteiger partial charge in [0.2, 0.25) is 10.0 Å². The highest BCUT2D eigenvalue weighted by Gasteiger charge is 2.44. The van der Waals surface area contributed by atoms with Crippen molar-refractivity contribution >= 4 is 10.0 Å². The third kappa shape index (κ3) is 3.95. The zero-order valence-electron chi connectivity index (χ0n) is 14.4. The Bertz CT molecular complexity index is 427. The Labute approximate surface area is 125 Å². The number of nitrogens with zero attached hydrogens (tertiary/aromatic N) is 2. The maximum Gasteiger partial charge on any atom is 0.219 e. The predicted octanol–water partition coefficient (Wildman–Crippen LogP) is 2.31. The molecule has 0 amide bonds. The van der Waals surface area contributed by atoms with Crippen LogP contribution in [0.5, 0.6) is 0 Å². The van der Waals surface area contributed by atoms with Crippen LogP contribution >= 0.6 is 0 Å². The molecule has 0 N–H and O–H groups in total. The van der Waals surface area contributed by atoms with Gasteiger partial charge in [-0.1, -0.05) is 20.8 Å². The highest BCUT2D eigenvalue weighted by Crippen LogP contribution is 2.34. The summed E-state index contributed by atoms with van der Waals surface area (Å²) in [5.41, 5.74) is 0.0142. The van der Waals surface area contributed by atoms with Crippen molar-refractivity contribution in [2.75, 3.05) is 39.8 Å². The van der Waals surface area contributed by atoms with Crippen molar-refractivity contribution in [3.8, 4) is 0 Å². The smallest absolute Gasteiger partial charge is 0.219 e. The van der Waals surface area contributed by atoms with Gasteiger partial charge in [0.1, 0.15) is 0 Å². The third-order valence-corrected chi connectivity index (χ3v) is 7.12. The molecule has 0 unspecified atom stereocenters. The van der Waals surface area contributed by atoms with Crippen LogP contribution in [-0.2, 0) is 10.0 Å². The molecular formula is C15H33N2O2S+. The minimum absolute atomic E-state index is 0.0142. The first-order chi connectivity index (χ1) is 8.83. The Balaban J connectivity index is 2.85. The Morgan fingerprint density at radius 2 is 1.50 bits per heavy atom. The number of likely N-dealkylation sites (N-methyl/N-ethyl adjacent to an activating group) is 1. The first-order valence-corrected chi connectivity index (χ1v) is 9.10. The van der Waals surface area contributed by atoms with Crippen LogP contribution in [-0.4, -0.2) is 61.7 Å². The lowest BCUT2D eigenvalue weighted by atomic mass is 9.86.